The zero-order valence-electron chi connectivity index (χ0n) is 7.63. The van der Waals surface area contributed by atoms with E-state index in [4.69, 9.17) is 10.5 Å². The molecular formula is C10H15NO. The minimum atomic E-state index is 0.826. The van der Waals surface area contributed by atoms with E-state index in [1.807, 2.05) is 18.2 Å². The van der Waals surface area contributed by atoms with Gasteiger partial charge < -0.3 is 10.5 Å². The number of nitrogen functional groups attached to an aromatic ring is 1. The van der Waals surface area contributed by atoms with E-state index < -0.39 is 0 Å². The zero-order chi connectivity index (χ0) is 8.97. The van der Waals surface area contributed by atoms with Gasteiger partial charge in [-0.25, -0.2) is 0 Å². The summed E-state index contributed by atoms with van der Waals surface area (Å²) in [7, 11) is 1.65. The van der Waals surface area contributed by atoms with E-state index in [-0.39, 0.29) is 0 Å². The number of aryl methyl sites for hydroxylation is 1. The van der Waals surface area contributed by atoms with Crippen LogP contribution in [0.3, 0.4) is 0 Å². The summed E-state index contributed by atoms with van der Waals surface area (Å²) in [5, 5.41) is 0. The number of benzene rings is 1. The highest BCUT2D eigenvalue weighted by Gasteiger charge is 1.98. The molecule has 0 spiro atoms. The van der Waals surface area contributed by atoms with E-state index in [0.29, 0.717) is 0 Å². The van der Waals surface area contributed by atoms with Gasteiger partial charge in [-0.3, -0.25) is 0 Å². The lowest BCUT2D eigenvalue weighted by Crippen LogP contribution is -1.94. The predicted molar refractivity (Wildman–Crippen MR) is 51.4 cm³/mol. The van der Waals surface area contributed by atoms with Crippen LogP contribution in [0.25, 0.3) is 0 Å². The van der Waals surface area contributed by atoms with Gasteiger partial charge in [0.2, 0.25) is 0 Å². The summed E-state index contributed by atoms with van der Waals surface area (Å²) in [4.78, 5) is 0. The fourth-order valence-corrected chi connectivity index (χ4v) is 1.20. The van der Waals surface area contributed by atoms with Crippen molar-refractivity contribution in [3.05, 3.63) is 23.8 Å². The van der Waals surface area contributed by atoms with Crippen molar-refractivity contribution in [2.45, 2.75) is 19.8 Å². The molecule has 2 N–H and O–H groups in total. The van der Waals surface area contributed by atoms with Gasteiger partial charge in [0.05, 0.1) is 7.11 Å². The van der Waals surface area contributed by atoms with Gasteiger partial charge in [0.25, 0.3) is 0 Å². The summed E-state index contributed by atoms with van der Waals surface area (Å²) in [6.07, 6.45) is 2.16. The second kappa shape index (κ2) is 4.00. The molecule has 0 aliphatic carbocycles. The third-order valence-corrected chi connectivity index (χ3v) is 1.87. The van der Waals surface area contributed by atoms with Gasteiger partial charge in [0, 0.05) is 11.8 Å². The Labute approximate surface area is 73.3 Å². The molecule has 2 heteroatoms. The number of methoxy groups -OCH3 is 1. The molecule has 1 aromatic carbocycles. The maximum Gasteiger partial charge on any atom is 0.120 e. The first kappa shape index (κ1) is 8.91. The number of ether oxygens (including phenoxy) is 1. The van der Waals surface area contributed by atoms with Crippen LogP contribution in [0.5, 0.6) is 5.75 Å². The molecule has 0 heterocycles. The maximum atomic E-state index is 5.80. The first-order valence-electron chi connectivity index (χ1n) is 4.20. The molecule has 1 rings (SSSR count). The molecule has 0 saturated heterocycles. The van der Waals surface area contributed by atoms with E-state index >= 15 is 0 Å². The molecule has 0 radical (unpaired) electrons. The van der Waals surface area contributed by atoms with E-state index in [0.717, 1.165) is 24.3 Å². The standard InChI is InChI=1S/C10H15NO/c1-3-4-8-5-6-9(12-2)7-10(8)11/h5-7H,3-4,11H2,1-2H3. The highest BCUT2D eigenvalue weighted by molar-refractivity contribution is 5.51. The average molecular weight is 165 g/mol. The van der Waals surface area contributed by atoms with Crippen LogP contribution in [-0.4, -0.2) is 7.11 Å². The second-order valence-electron chi connectivity index (χ2n) is 2.81. The Bertz CT molecular complexity index is 258. The van der Waals surface area contributed by atoms with Crippen molar-refractivity contribution in [1.82, 2.24) is 0 Å². The molecule has 0 unspecified atom stereocenters. The third-order valence-electron chi connectivity index (χ3n) is 1.87. The van der Waals surface area contributed by atoms with Crippen molar-refractivity contribution in [3.8, 4) is 5.75 Å². The van der Waals surface area contributed by atoms with E-state index in [2.05, 4.69) is 6.92 Å². The molecule has 0 aromatic heterocycles. The summed E-state index contributed by atoms with van der Waals surface area (Å²) < 4.78 is 5.05. The van der Waals surface area contributed by atoms with Gasteiger partial charge in [-0.05, 0) is 18.1 Å². The van der Waals surface area contributed by atoms with Crippen molar-refractivity contribution >= 4 is 5.69 Å². The number of nitrogens with two attached hydrogens (primary N) is 1. The van der Waals surface area contributed by atoms with Gasteiger partial charge in [0.1, 0.15) is 5.75 Å². The fraction of sp³-hybridized carbons (Fsp3) is 0.400. The van der Waals surface area contributed by atoms with Crippen molar-refractivity contribution in [2.24, 2.45) is 0 Å². The first-order chi connectivity index (χ1) is 5.77. The van der Waals surface area contributed by atoms with E-state index in [9.17, 15) is 0 Å². The topological polar surface area (TPSA) is 35.2 Å². The lowest BCUT2D eigenvalue weighted by molar-refractivity contribution is 0.415. The molecule has 0 fully saturated rings. The minimum absolute atomic E-state index is 0.826. The van der Waals surface area contributed by atoms with Crippen LogP contribution in [0, 0.1) is 0 Å². The average Bonchev–Trinajstić information content (AvgIpc) is 2.09. The monoisotopic (exact) mass is 165 g/mol. The highest BCUT2D eigenvalue weighted by atomic mass is 16.5. The molecule has 66 valence electrons. The van der Waals surface area contributed by atoms with Gasteiger partial charge in [-0.2, -0.15) is 0 Å². The molecule has 0 amide bonds. The Morgan fingerprint density at radius 3 is 2.67 bits per heavy atom. The predicted octanol–water partition coefficient (Wildman–Crippen LogP) is 2.23. The van der Waals surface area contributed by atoms with Crippen LogP contribution in [0.1, 0.15) is 18.9 Å². The normalized spacial score (nSPS) is 9.83. The van der Waals surface area contributed by atoms with Crippen LogP contribution in [0.2, 0.25) is 0 Å². The molecule has 1 aromatic rings. The van der Waals surface area contributed by atoms with Crippen molar-refractivity contribution in [1.29, 1.82) is 0 Å². The summed E-state index contributed by atoms with van der Waals surface area (Å²) in [5.74, 6) is 0.826. The zero-order valence-corrected chi connectivity index (χ0v) is 7.63. The van der Waals surface area contributed by atoms with Gasteiger partial charge in [0.15, 0.2) is 0 Å². The number of rotatable bonds is 3. The summed E-state index contributed by atoms with van der Waals surface area (Å²) >= 11 is 0. The smallest absolute Gasteiger partial charge is 0.120 e. The Hall–Kier alpha value is -1.18. The minimum Gasteiger partial charge on any atom is -0.497 e. The summed E-state index contributed by atoms with van der Waals surface area (Å²) in [6.45, 7) is 2.14. The molecule has 0 aliphatic rings. The Kier molecular flexibility index (Phi) is 2.97. The van der Waals surface area contributed by atoms with Crippen LogP contribution in [0.4, 0.5) is 5.69 Å². The number of hydrogen-bond acceptors (Lipinski definition) is 2. The van der Waals surface area contributed by atoms with E-state index in [1.165, 1.54) is 5.56 Å². The second-order valence-corrected chi connectivity index (χ2v) is 2.81. The van der Waals surface area contributed by atoms with Crippen LogP contribution >= 0.6 is 0 Å². The quantitative estimate of drug-likeness (QED) is 0.697. The molecule has 0 aliphatic heterocycles. The lowest BCUT2D eigenvalue weighted by Gasteiger charge is -2.05. The van der Waals surface area contributed by atoms with Crippen molar-refractivity contribution < 1.29 is 4.74 Å². The fourth-order valence-electron chi connectivity index (χ4n) is 1.20. The highest BCUT2D eigenvalue weighted by Crippen LogP contribution is 2.20. The molecule has 2 nitrogen and oxygen atoms in total. The number of hydrogen-bond donors (Lipinski definition) is 1. The summed E-state index contributed by atoms with van der Waals surface area (Å²) in [6, 6.07) is 5.84. The van der Waals surface area contributed by atoms with Crippen molar-refractivity contribution in [3.63, 3.8) is 0 Å². The molecule has 0 saturated carbocycles. The van der Waals surface area contributed by atoms with Crippen LogP contribution in [-0.2, 0) is 6.42 Å². The SMILES string of the molecule is CCCc1ccc(OC)cc1N. The van der Waals surface area contributed by atoms with Gasteiger partial charge in [-0.15, -0.1) is 0 Å². The molecule has 0 atom stereocenters. The maximum absolute atomic E-state index is 5.80. The van der Waals surface area contributed by atoms with Gasteiger partial charge >= 0.3 is 0 Å². The summed E-state index contributed by atoms with van der Waals surface area (Å²) in [5.41, 5.74) is 7.84. The largest absolute Gasteiger partial charge is 0.497 e. The Morgan fingerprint density at radius 2 is 2.17 bits per heavy atom. The molecule has 12 heavy (non-hydrogen) atoms. The van der Waals surface area contributed by atoms with E-state index in [1.54, 1.807) is 7.11 Å². The van der Waals surface area contributed by atoms with Crippen LogP contribution in [0.15, 0.2) is 18.2 Å². The molecule has 0 bridgehead atoms. The molecular weight excluding hydrogens is 150 g/mol. The Balaban J connectivity index is 2.87. The lowest BCUT2D eigenvalue weighted by atomic mass is 10.1. The number of anilines is 1. The third kappa shape index (κ3) is 1.91. The van der Waals surface area contributed by atoms with Gasteiger partial charge in [-0.1, -0.05) is 19.4 Å². The first-order valence-corrected chi connectivity index (χ1v) is 4.20. The Morgan fingerprint density at radius 1 is 1.42 bits per heavy atom. The van der Waals surface area contributed by atoms with Crippen molar-refractivity contribution in [2.75, 3.05) is 12.8 Å². The van der Waals surface area contributed by atoms with Crippen LogP contribution < -0.4 is 10.5 Å².